The highest BCUT2D eigenvalue weighted by Crippen LogP contribution is 2.14. The summed E-state index contributed by atoms with van der Waals surface area (Å²) in [6.07, 6.45) is 3.21. The van der Waals surface area contributed by atoms with Crippen LogP contribution in [0.2, 0.25) is 0 Å². The SMILES string of the molecule is c1ccc(-c2ncco2)cc1.c1ccsc1. The van der Waals surface area contributed by atoms with Gasteiger partial charge >= 0.3 is 0 Å². The highest BCUT2D eigenvalue weighted by molar-refractivity contribution is 7.07. The van der Waals surface area contributed by atoms with E-state index in [0.717, 1.165) is 5.56 Å². The summed E-state index contributed by atoms with van der Waals surface area (Å²) in [7, 11) is 0. The van der Waals surface area contributed by atoms with Crippen LogP contribution in [0.25, 0.3) is 11.5 Å². The van der Waals surface area contributed by atoms with E-state index in [1.807, 2.05) is 53.2 Å². The molecule has 0 amide bonds. The Bertz CT molecular complexity index is 457. The summed E-state index contributed by atoms with van der Waals surface area (Å²) < 4.78 is 5.11. The molecule has 0 atom stereocenters. The van der Waals surface area contributed by atoms with Gasteiger partial charge in [-0.05, 0) is 22.9 Å². The van der Waals surface area contributed by atoms with Gasteiger partial charge in [0.05, 0.1) is 6.20 Å². The number of hydrogen-bond donors (Lipinski definition) is 0. The number of oxazole rings is 1. The van der Waals surface area contributed by atoms with E-state index in [2.05, 4.69) is 4.98 Å². The molecule has 0 saturated heterocycles. The zero-order valence-electron chi connectivity index (χ0n) is 8.61. The third kappa shape index (κ3) is 3.07. The normalized spacial score (nSPS) is 9.25. The van der Waals surface area contributed by atoms with E-state index in [4.69, 9.17) is 4.42 Å². The van der Waals surface area contributed by atoms with E-state index in [1.165, 1.54) is 0 Å². The van der Waals surface area contributed by atoms with Crippen molar-refractivity contribution in [3.63, 3.8) is 0 Å². The van der Waals surface area contributed by atoms with E-state index in [0.29, 0.717) is 5.89 Å². The van der Waals surface area contributed by atoms with Crippen LogP contribution in [0.5, 0.6) is 0 Å². The van der Waals surface area contributed by atoms with Crippen molar-refractivity contribution in [1.82, 2.24) is 4.98 Å². The lowest BCUT2D eigenvalue weighted by Crippen LogP contribution is -1.73. The second-order valence-electron chi connectivity index (χ2n) is 3.00. The van der Waals surface area contributed by atoms with Crippen molar-refractivity contribution < 1.29 is 4.42 Å². The molecule has 1 aromatic carbocycles. The van der Waals surface area contributed by atoms with Crippen LogP contribution in [0.1, 0.15) is 0 Å². The van der Waals surface area contributed by atoms with Gasteiger partial charge in [-0.3, -0.25) is 0 Å². The highest BCUT2D eigenvalue weighted by atomic mass is 32.1. The van der Waals surface area contributed by atoms with Gasteiger partial charge in [0.2, 0.25) is 5.89 Å². The number of aromatic nitrogens is 1. The summed E-state index contributed by atoms with van der Waals surface area (Å²) in [6.45, 7) is 0. The Morgan fingerprint density at radius 2 is 1.69 bits per heavy atom. The number of benzene rings is 1. The standard InChI is InChI=1S/C9H7NO.C4H4S/c1-2-4-8(5-3-1)9-10-6-7-11-9;1-2-4-5-3-1/h1-7H;1-4H. The fraction of sp³-hybridized carbons (Fsp3) is 0. The minimum absolute atomic E-state index is 0.672. The second kappa shape index (κ2) is 5.88. The van der Waals surface area contributed by atoms with Crippen LogP contribution in [-0.4, -0.2) is 4.98 Å². The quantitative estimate of drug-likeness (QED) is 0.628. The van der Waals surface area contributed by atoms with Gasteiger partial charge in [0.15, 0.2) is 0 Å². The Hall–Kier alpha value is -1.87. The Morgan fingerprint density at radius 3 is 2.19 bits per heavy atom. The predicted octanol–water partition coefficient (Wildman–Crippen LogP) is 4.09. The molecule has 0 bridgehead atoms. The third-order valence-corrected chi connectivity index (χ3v) is 2.51. The molecule has 0 unspecified atom stereocenters. The zero-order valence-corrected chi connectivity index (χ0v) is 9.43. The first-order valence-corrected chi connectivity index (χ1v) is 5.83. The van der Waals surface area contributed by atoms with E-state index >= 15 is 0 Å². The van der Waals surface area contributed by atoms with E-state index in [1.54, 1.807) is 23.8 Å². The number of hydrogen-bond acceptors (Lipinski definition) is 3. The molecule has 0 aliphatic heterocycles. The molecule has 3 heteroatoms. The Labute approximate surface area is 98.2 Å². The lowest BCUT2D eigenvalue weighted by molar-refractivity contribution is 0.574. The number of nitrogens with zero attached hydrogens (tertiary/aromatic N) is 1. The Kier molecular flexibility index (Phi) is 3.91. The van der Waals surface area contributed by atoms with Gasteiger partial charge in [0.25, 0.3) is 0 Å². The third-order valence-electron chi connectivity index (χ3n) is 1.88. The number of thiophene rings is 1. The molecule has 0 saturated carbocycles. The van der Waals surface area contributed by atoms with Crippen LogP contribution >= 0.6 is 11.3 Å². The van der Waals surface area contributed by atoms with Crippen LogP contribution in [0.15, 0.2) is 70.1 Å². The predicted molar refractivity (Wildman–Crippen MR) is 66.3 cm³/mol. The largest absolute Gasteiger partial charge is 0.445 e. The maximum absolute atomic E-state index is 5.11. The summed E-state index contributed by atoms with van der Waals surface area (Å²) in [4.78, 5) is 4.02. The van der Waals surface area contributed by atoms with Gasteiger partial charge in [-0.2, -0.15) is 11.3 Å². The maximum Gasteiger partial charge on any atom is 0.225 e. The summed E-state index contributed by atoms with van der Waals surface area (Å²) in [5.41, 5.74) is 1.01. The van der Waals surface area contributed by atoms with Crippen molar-refractivity contribution in [3.05, 3.63) is 65.7 Å². The van der Waals surface area contributed by atoms with Crippen molar-refractivity contribution in [1.29, 1.82) is 0 Å². The number of rotatable bonds is 1. The average Bonchev–Trinajstić information content (AvgIpc) is 3.07. The van der Waals surface area contributed by atoms with Crippen molar-refractivity contribution >= 4 is 11.3 Å². The highest BCUT2D eigenvalue weighted by Gasteiger charge is 1.97. The Balaban J connectivity index is 0.000000162. The minimum atomic E-state index is 0.672. The molecule has 80 valence electrons. The van der Waals surface area contributed by atoms with Gasteiger partial charge in [-0.15, -0.1) is 0 Å². The summed E-state index contributed by atoms with van der Waals surface area (Å²) in [6, 6.07) is 13.8. The van der Waals surface area contributed by atoms with Gasteiger partial charge in [-0.25, -0.2) is 4.98 Å². The van der Waals surface area contributed by atoms with Crippen LogP contribution in [0, 0.1) is 0 Å². The fourth-order valence-corrected chi connectivity index (χ4v) is 1.63. The van der Waals surface area contributed by atoms with Crippen LogP contribution in [-0.2, 0) is 0 Å². The molecule has 2 heterocycles. The molecule has 0 spiro atoms. The average molecular weight is 229 g/mol. The summed E-state index contributed by atoms with van der Waals surface area (Å²) in [5, 5.41) is 4.08. The van der Waals surface area contributed by atoms with E-state index < -0.39 is 0 Å². The lowest BCUT2D eigenvalue weighted by atomic mass is 10.2. The van der Waals surface area contributed by atoms with Crippen LogP contribution in [0.4, 0.5) is 0 Å². The molecule has 0 fully saturated rings. The van der Waals surface area contributed by atoms with Gasteiger partial charge in [0.1, 0.15) is 6.26 Å². The molecule has 0 aliphatic carbocycles. The molecule has 2 nitrogen and oxygen atoms in total. The first kappa shape index (κ1) is 10.6. The van der Waals surface area contributed by atoms with Crippen molar-refractivity contribution in [3.8, 4) is 11.5 Å². The Morgan fingerprint density at radius 1 is 0.938 bits per heavy atom. The van der Waals surface area contributed by atoms with Gasteiger partial charge in [0, 0.05) is 5.56 Å². The van der Waals surface area contributed by atoms with Gasteiger partial charge in [-0.1, -0.05) is 30.3 Å². The maximum atomic E-state index is 5.11. The molecular formula is C13H11NOS. The summed E-state index contributed by atoms with van der Waals surface area (Å²) >= 11 is 1.71. The van der Waals surface area contributed by atoms with Crippen LogP contribution in [0.3, 0.4) is 0 Å². The molecule has 0 radical (unpaired) electrons. The van der Waals surface area contributed by atoms with Crippen molar-refractivity contribution in [2.24, 2.45) is 0 Å². The fourth-order valence-electron chi connectivity index (χ4n) is 1.17. The zero-order chi connectivity index (χ0) is 11.1. The van der Waals surface area contributed by atoms with Crippen molar-refractivity contribution in [2.75, 3.05) is 0 Å². The van der Waals surface area contributed by atoms with E-state index in [-0.39, 0.29) is 0 Å². The monoisotopic (exact) mass is 229 g/mol. The molecule has 16 heavy (non-hydrogen) atoms. The second-order valence-corrected chi connectivity index (χ2v) is 3.81. The first-order valence-electron chi connectivity index (χ1n) is 4.89. The molecule has 3 rings (SSSR count). The molecular weight excluding hydrogens is 218 g/mol. The molecule has 3 aromatic rings. The first-order chi connectivity index (χ1) is 7.97. The minimum Gasteiger partial charge on any atom is -0.445 e. The molecule has 2 aromatic heterocycles. The van der Waals surface area contributed by atoms with Gasteiger partial charge < -0.3 is 4.42 Å². The molecule has 0 aliphatic rings. The topological polar surface area (TPSA) is 26.0 Å². The smallest absolute Gasteiger partial charge is 0.225 e. The van der Waals surface area contributed by atoms with E-state index in [9.17, 15) is 0 Å². The summed E-state index contributed by atoms with van der Waals surface area (Å²) in [5.74, 6) is 0.672. The van der Waals surface area contributed by atoms with Crippen molar-refractivity contribution in [2.45, 2.75) is 0 Å². The lowest BCUT2D eigenvalue weighted by Gasteiger charge is -1.91. The van der Waals surface area contributed by atoms with Crippen LogP contribution < -0.4 is 0 Å². The molecule has 0 N–H and O–H groups in total.